The van der Waals surface area contributed by atoms with Crippen LogP contribution < -0.4 is 5.32 Å². The zero-order chi connectivity index (χ0) is 19.9. The summed E-state index contributed by atoms with van der Waals surface area (Å²) in [4.78, 5) is 12.1. The quantitative estimate of drug-likeness (QED) is 0.462. The molecule has 0 saturated heterocycles. The van der Waals surface area contributed by atoms with Crippen LogP contribution in [-0.2, 0) is 11.3 Å². The van der Waals surface area contributed by atoms with E-state index in [0.29, 0.717) is 24.8 Å². The van der Waals surface area contributed by atoms with Crippen molar-refractivity contribution in [2.45, 2.75) is 26.3 Å². The number of nitrogens with one attached hydrogen (secondary N) is 1. The number of fused-ring (bicyclic) bond motifs is 1. The number of carbonyl (C=O) groups excluding carboxylic acids is 1. The fraction of sp³-hybridized carbons (Fsp3) is 0.238. The van der Waals surface area contributed by atoms with Crippen LogP contribution in [0.2, 0.25) is 0 Å². The summed E-state index contributed by atoms with van der Waals surface area (Å²) in [7, 11) is 0. The molecule has 0 aliphatic rings. The molecule has 0 atom stereocenters. The second-order valence-electron chi connectivity index (χ2n) is 6.42. The zero-order valence-corrected chi connectivity index (χ0v) is 15.6. The maximum atomic E-state index is 12.1. The third-order valence-corrected chi connectivity index (χ3v) is 4.34. The Bertz CT molecular complexity index is 1050. The topological polar surface area (TPSA) is 103 Å². The van der Waals surface area contributed by atoms with Crippen molar-refractivity contribution >= 4 is 28.2 Å². The number of para-hydroxylation sites is 1. The molecule has 0 fully saturated rings. The highest BCUT2D eigenvalue weighted by molar-refractivity contribution is 5.95. The molecule has 1 aromatic heterocycles. The Balaban J connectivity index is 1.75. The Kier molecular flexibility index (Phi) is 6.02. The minimum Gasteiger partial charge on any atom is -0.493 e. The van der Waals surface area contributed by atoms with E-state index >= 15 is 0 Å². The average Bonchev–Trinajstić information content (AvgIpc) is 2.97. The van der Waals surface area contributed by atoms with Gasteiger partial charge in [0, 0.05) is 24.0 Å². The second-order valence-corrected chi connectivity index (χ2v) is 6.42. The van der Waals surface area contributed by atoms with Gasteiger partial charge in [-0.1, -0.05) is 35.9 Å². The first-order valence-corrected chi connectivity index (χ1v) is 9.02. The van der Waals surface area contributed by atoms with Crippen LogP contribution in [0.3, 0.4) is 0 Å². The van der Waals surface area contributed by atoms with Gasteiger partial charge in [0.15, 0.2) is 5.69 Å². The number of nitriles is 1. The van der Waals surface area contributed by atoms with Crippen molar-refractivity contribution in [2.24, 2.45) is 10.2 Å². The summed E-state index contributed by atoms with van der Waals surface area (Å²) in [5.41, 5.74) is 3.01. The number of benzene rings is 2. The molecule has 3 aromatic rings. The van der Waals surface area contributed by atoms with E-state index in [1.165, 1.54) is 0 Å². The zero-order valence-electron chi connectivity index (χ0n) is 15.6. The largest absolute Gasteiger partial charge is 0.493 e. The number of aryl methyl sites for hydroxylation is 2. The fourth-order valence-electron chi connectivity index (χ4n) is 2.90. The fourth-order valence-corrected chi connectivity index (χ4v) is 2.90. The number of unbranched alkanes of at least 4 members (excludes halogenated alkanes) is 1. The summed E-state index contributed by atoms with van der Waals surface area (Å²) < 4.78 is 1.69. The van der Waals surface area contributed by atoms with E-state index in [-0.39, 0.29) is 18.1 Å². The van der Waals surface area contributed by atoms with Gasteiger partial charge in [-0.25, -0.2) is 0 Å². The van der Waals surface area contributed by atoms with Crippen molar-refractivity contribution in [3.05, 3.63) is 54.1 Å². The molecule has 0 unspecified atom stereocenters. The molecule has 28 heavy (non-hydrogen) atoms. The lowest BCUT2D eigenvalue weighted by atomic mass is 10.2. The molecule has 7 heteroatoms. The minimum absolute atomic E-state index is 0.00807. The summed E-state index contributed by atoms with van der Waals surface area (Å²) in [6, 6.07) is 17.2. The number of hydrogen-bond donors (Lipinski definition) is 2. The van der Waals surface area contributed by atoms with Crippen LogP contribution in [0.15, 0.2) is 58.8 Å². The van der Waals surface area contributed by atoms with Crippen molar-refractivity contribution in [1.29, 1.82) is 5.26 Å². The first-order valence-electron chi connectivity index (χ1n) is 9.02. The molecule has 1 heterocycles. The SMILES string of the molecule is Cc1ccc(NCC(=O)N=Nc2c(O)n(CCCC#N)c3ccccc23)cc1. The van der Waals surface area contributed by atoms with E-state index in [1.54, 1.807) is 4.57 Å². The lowest BCUT2D eigenvalue weighted by molar-refractivity contribution is -0.116. The van der Waals surface area contributed by atoms with E-state index < -0.39 is 5.91 Å². The molecule has 0 spiro atoms. The molecule has 0 saturated carbocycles. The van der Waals surface area contributed by atoms with Gasteiger partial charge < -0.3 is 15.0 Å². The Morgan fingerprint density at radius 3 is 2.71 bits per heavy atom. The second kappa shape index (κ2) is 8.82. The molecular formula is C21H21N5O2. The Hall–Kier alpha value is -3.66. The maximum absolute atomic E-state index is 12.1. The summed E-state index contributed by atoms with van der Waals surface area (Å²) in [6.07, 6.45) is 1.00. The monoisotopic (exact) mass is 375 g/mol. The predicted molar refractivity (Wildman–Crippen MR) is 108 cm³/mol. The van der Waals surface area contributed by atoms with Gasteiger partial charge >= 0.3 is 0 Å². The lowest BCUT2D eigenvalue weighted by Crippen LogP contribution is -2.10. The van der Waals surface area contributed by atoms with Crippen LogP contribution >= 0.6 is 0 Å². The molecule has 0 aliphatic carbocycles. The van der Waals surface area contributed by atoms with Crippen LogP contribution in [0.1, 0.15) is 18.4 Å². The third kappa shape index (κ3) is 4.35. The molecule has 142 valence electrons. The number of nitrogens with zero attached hydrogens (tertiary/aromatic N) is 4. The Morgan fingerprint density at radius 1 is 1.21 bits per heavy atom. The van der Waals surface area contributed by atoms with Crippen LogP contribution in [0.4, 0.5) is 11.4 Å². The van der Waals surface area contributed by atoms with Crippen molar-refractivity contribution in [2.75, 3.05) is 11.9 Å². The first kappa shape index (κ1) is 19.1. The number of azo groups is 1. The minimum atomic E-state index is -0.443. The summed E-state index contributed by atoms with van der Waals surface area (Å²) in [5, 5.41) is 30.7. The highest BCUT2D eigenvalue weighted by Gasteiger charge is 2.16. The number of carbonyl (C=O) groups is 1. The van der Waals surface area contributed by atoms with Gasteiger partial charge in [-0.3, -0.25) is 4.79 Å². The van der Waals surface area contributed by atoms with Crippen LogP contribution in [0.25, 0.3) is 10.9 Å². The Labute approximate surface area is 162 Å². The Morgan fingerprint density at radius 2 is 1.96 bits per heavy atom. The van der Waals surface area contributed by atoms with Crippen molar-refractivity contribution < 1.29 is 9.90 Å². The van der Waals surface area contributed by atoms with E-state index in [2.05, 4.69) is 21.6 Å². The maximum Gasteiger partial charge on any atom is 0.283 e. The average molecular weight is 375 g/mol. The molecule has 0 bridgehead atoms. The van der Waals surface area contributed by atoms with Gasteiger partial charge in [0.25, 0.3) is 5.91 Å². The smallest absolute Gasteiger partial charge is 0.283 e. The van der Waals surface area contributed by atoms with Gasteiger partial charge in [-0.2, -0.15) is 5.26 Å². The highest BCUT2D eigenvalue weighted by Crippen LogP contribution is 2.38. The molecular weight excluding hydrogens is 354 g/mol. The number of rotatable bonds is 7. The number of aromatic nitrogens is 1. The molecule has 0 aliphatic heterocycles. The first-order chi connectivity index (χ1) is 13.6. The number of hydrogen-bond acceptors (Lipinski definition) is 5. The van der Waals surface area contributed by atoms with E-state index in [9.17, 15) is 9.90 Å². The molecule has 1 amide bonds. The van der Waals surface area contributed by atoms with E-state index in [0.717, 1.165) is 16.8 Å². The molecule has 2 aromatic carbocycles. The van der Waals surface area contributed by atoms with Gasteiger partial charge in [0.05, 0.1) is 18.1 Å². The van der Waals surface area contributed by atoms with Crippen molar-refractivity contribution in [3.63, 3.8) is 0 Å². The number of aromatic hydroxyl groups is 1. The van der Waals surface area contributed by atoms with Crippen molar-refractivity contribution in [3.8, 4) is 11.9 Å². The molecule has 7 nitrogen and oxygen atoms in total. The normalized spacial score (nSPS) is 11.0. The van der Waals surface area contributed by atoms with Gasteiger partial charge in [0.2, 0.25) is 5.88 Å². The number of amides is 1. The molecule has 3 rings (SSSR count). The van der Waals surface area contributed by atoms with Gasteiger partial charge in [0.1, 0.15) is 0 Å². The van der Waals surface area contributed by atoms with Crippen LogP contribution in [-0.4, -0.2) is 22.1 Å². The summed E-state index contributed by atoms with van der Waals surface area (Å²) >= 11 is 0. The summed E-state index contributed by atoms with van der Waals surface area (Å²) in [5.74, 6) is -0.497. The van der Waals surface area contributed by atoms with Crippen LogP contribution in [0.5, 0.6) is 5.88 Å². The molecule has 0 radical (unpaired) electrons. The molecule has 2 N–H and O–H groups in total. The predicted octanol–water partition coefficient (Wildman–Crippen LogP) is 4.68. The number of anilines is 1. The standard InChI is InChI=1S/C21H21N5O2/c1-15-8-10-16(11-9-15)23-14-19(27)24-25-20-17-6-2-3-7-18(17)26(21(20)28)13-5-4-12-22/h2-3,6-11,23,28H,4-5,13-14H2,1H3. The lowest BCUT2D eigenvalue weighted by Gasteiger charge is -2.04. The highest BCUT2D eigenvalue weighted by atomic mass is 16.3. The van der Waals surface area contributed by atoms with E-state index in [1.807, 2.05) is 55.5 Å². The summed E-state index contributed by atoms with van der Waals surface area (Å²) in [6.45, 7) is 2.49. The van der Waals surface area contributed by atoms with E-state index in [4.69, 9.17) is 5.26 Å². The van der Waals surface area contributed by atoms with Gasteiger partial charge in [-0.15, -0.1) is 10.2 Å². The van der Waals surface area contributed by atoms with Crippen molar-refractivity contribution in [1.82, 2.24) is 4.57 Å². The third-order valence-electron chi connectivity index (χ3n) is 4.34. The van der Waals surface area contributed by atoms with Gasteiger partial charge in [-0.05, 0) is 31.5 Å². The van der Waals surface area contributed by atoms with Crippen LogP contribution in [0, 0.1) is 18.3 Å².